The molecular weight excluding hydrogens is 295 g/mol. The average molecular weight is 316 g/mol. The van der Waals surface area contributed by atoms with E-state index in [1.54, 1.807) is 6.07 Å². The highest BCUT2D eigenvalue weighted by Gasteiger charge is 2.35. The van der Waals surface area contributed by atoms with Crippen molar-refractivity contribution in [3.8, 4) is 11.1 Å². The van der Waals surface area contributed by atoms with Crippen LogP contribution in [-0.4, -0.2) is 17.2 Å². The summed E-state index contributed by atoms with van der Waals surface area (Å²) in [6, 6.07) is 13.6. The molecule has 0 atom stereocenters. The third-order valence-electron chi connectivity index (χ3n) is 4.90. The van der Waals surface area contributed by atoms with Crippen molar-refractivity contribution < 1.29 is 10.0 Å². The lowest BCUT2D eigenvalue weighted by molar-refractivity contribution is 0.426. The second-order valence-corrected chi connectivity index (χ2v) is 6.58. The molecular formula is C21H21BO2. The predicted octanol–water partition coefficient (Wildman–Crippen LogP) is 3.45. The summed E-state index contributed by atoms with van der Waals surface area (Å²) in [5.41, 5.74) is 6.80. The lowest BCUT2D eigenvalue weighted by atomic mass is 9.74. The Morgan fingerprint density at radius 3 is 2.29 bits per heavy atom. The maximum atomic E-state index is 9.64. The van der Waals surface area contributed by atoms with Gasteiger partial charge in [0.1, 0.15) is 0 Å². The van der Waals surface area contributed by atoms with Gasteiger partial charge in [-0.1, -0.05) is 75.6 Å². The fourth-order valence-electron chi connectivity index (χ4n) is 3.66. The number of hydrogen-bond donors (Lipinski definition) is 2. The van der Waals surface area contributed by atoms with E-state index >= 15 is 0 Å². The molecule has 0 aliphatic heterocycles. The zero-order valence-corrected chi connectivity index (χ0v) is 14.1. The molecule has 0 spiro atoms. The van der Waals surface area contributed by atoms with Crippen molar-refractivity contribution in [2.24, 2.45) is 0 Å². The van der Waals surface area contributed by atoms with Crippen LogP contribution in [0.2, 0.25) is 0 Å². The molecule has 2 N–H and O–H groups in total. The molecule has 0 aromatic heterocycles. The van der Waals surface area contributed by atoms with Crippen LogP contribution < -0.4 is 5.46 Å². The van der Waals surface area contributed by atoms with E-state index in [1.165, 1.54) is 11.1 Å². The Kier molecular flexibility index (Phi) is 4.08. The highest BCUT2D eigenvalue weighted by atomic mass is 16.4. The van der Waals surface area contributed by atoms with E-state index in [2.05, 4.69) is 39.1 Å². The molecule has 1 aliphatic rings. The SMILES string of the molecule is C=CC1=C(C=C)C(C)(C)c2cc(-c3ccccc3B(O)O)ccc21. The van der Waals surface area contributed by atoms with Gasteiger partial charge in [-0.25, -0.2) is 0 Å². The van der Waals surface area contributed by atoms with E-state index in [0.29, 0.717) is 5.46 Å². The molecule has 0 radical (unpaired) electrons. The van der Waals surface area contributed by atoms with Crippen LogP contribution in [0.1, 0.15) is 25.0 Å². The molecule has 0 fully saturated rings. The Bertz CT molecular complexity index is 860. The van der Waals surface area contributed by atoms with Gasteiger partial charge in [0.15, 0.2) is 0 Å². The van der Waals surface area contributed by atoms with Gasteiger partial charge in [-0.05, 0) is 44.9 Å². The van der Waals surface area contributed by atoms with Crippen molar-refractivity contribution in [2.45, 2.75) is 19.3 Å². The molecule has 0 unspecified atom stereocenters. The third-order valence-corrected chi connectivity index (χ3v) is 4.90. The van der Waals surface area contributed by atoms with E-state index in [1.807, 2.05) is 36.4 Å². The summed E-state index contributed by atoms with van der Waals surface area (Å²) < 4.78 is 0. The third kappa shape index (κ3) is 2.37. The van der Waals surface area contributed by atoms with Crippen LogP contribution in [0, 0.1) is 0 Å². The van der Waals surface area contributed by atoms with E-state index in [-0.39, 0.29) is 5.41 Å². The average Bonchev–Trinajstić information content (AvgIpc) is 2.80. The van der Waals surface area contributed by atoms with Crippen molar-refractivity contribution in [1.29, 1.82) is 0 Å². The van der Waals surface area contributed by atoms with Gasteiger partial charge in [0, 0.05) is 5.41 Å². The minimum atomic E-state index is -1.49. The monoisotopic (exact) mass is 316 g/mol. The molecule has 2 nitrogen and oxygen atoms in total. The first kappa shape index (κ1) is 16.5. The van der Waals surface area contributed by atoms with Crippen molar-refractivity contribution in [1.82, 2.24) is 0 Å². The first-order chi connectivity index (χ1) is 11.4. The van der Waals surface area contributed by atoms with Gasteiger partial charge in [0.05, 0.1) is 0 Å². The van der Waals surface area contributed by atoms with Gasteiger partial charge in [-0.3, -0.25) is 0 Å². The maximum Gasteiger partial charge on any atom is 0.489 e. The van der Waals surface area contributed by atoms with Gasteiger partial charge < -0.3 is 10.0 Å². The van der Waals surface area contributed by atoms with Crippen LogP contribution in [0.15, 0.2) is 73.3 Å². The van der Waals surface area contributed by atoms with E-state index in [9.17, 15) is 10.0 Å². The molecule has 3 rings (SSSR count). The molecule has 0 saturated heterocycles. The normalized spacial score (nSPS) is 15.2. The van der Waals surface area contributed by atoms with Crippen LogP contribution in [0.4, 0.5) is 0 Å². The van der Waals surface area contributed by atoms with Gasteiger partial charge in [0.2, 0.25) is 0 Å². The molecule has 0 heterocycles. The first-order valence-corrected chi connectivity index (χ1v) is 8.01. The van der Waals surface area contributed by atoms with Gasteiger partial charge >= 0.3 is 7.12 Å². The van der Waals surface area contributed by atoms with Gasteiger partial charge in [-0.2, -0.15) is 0 Å². The fraction of sp³-hybridized carbons (Fsp3) is 0.143. The van der Waals surface area contributed by atoms with Crippen molar-refractivity contribution in [3.63, 3.8) is 0 Å². The smallest absolute Gasteiger partial charge is 0.423 e. The summed E-state index contributed by atoms with van der Waals surface area (Å²) in [7, 11) is -1.49. The van der Waals surface area contributed by atoms with Crippen LogP contribution in [0.5, 0.6) is 0 Å². The van der Waals surface area contributed by atoms with Crippen LogP contribution in [-0.2, 0) is 5.41 Å². The Morgan fingerprint density at radius 1 is 0.958 bits per heavy atom. The Morgan fingerprint density at radius 2 is 1.67 bits per heavy atom. The molecule has 0 amide bonds. The standard InChI is InChI=1S/C21H21BO2/c1-5-15-17-12-11-14(13-19(17)21(3,4)18(15)6-2)16-9-7-8-10-20(16)22(23)24/h5-13,23-24H,1-2H2,3-4H3. The minimum Gasteiger partial charge on any atom is -0.423 e. The van der Waals surface area contributed by atoms with Crippen molar-refractivity contribution in [3.05, 3.63) is 84.5 Å². The van der Waals surface area contributed by atoms with E-state index < -0.39 is 7.12 Å². The molecule has 24 heavy (non-hydrogen) atoms. The quantitative estimate of drug-likeness (QED) is 0.848. The molecule has 120 valence electrons. The summed E-state index contributed by atoms with van der Waals surface area (Å²) in [4.78, 5) is 0. The topological polar surface area (TPSA) is 40.5 Å². The molecule has 1 aliphatic carbocycles. The number of hydrogen-bond acceptors (Lipinski definition) is 2. The number of rotatable bonds is 4. The molecule has 0 saturated carbocycles. The fourth-order valence-corrected chi connectivity index (χ4v) is 3.66. The highest BCUT2D eigenvalue weighted by Crippen LogP contribution is 2.47. The zero-order valence-electron chi connectivity index (χ0n) is 14.1. The summed E-state index contributed by atoms with van der Waals surface area (Å²) in [6.45, 7) is 12.3. The lowest BCUT2D eigenvalue weighted by Gasteiger charge is -2.23. The summed E-state index contributed by atoms with van der Waals surface area (Å²) in [6.07, 6.45) is 3.79. The minimum absolute atomic E-state index is 0.163. The number of benzene rings is 2. The van der Waals surface area contributed by atoms with Crippen molar-refractivity contribution >= 4 is 18.2 Å². The first-order valence-electron chi connectivity index (χ1n) is 8.01. The lowest BCUT2D eigenvalue weighted by Crippen LogP contribution is -2.31. The highest BCUT2D eigenvalue weighted by molar-refractivity contribution is 6.60. The van der Waals surface area contributed by atoms with Crippen LogP contribution in [0.25, 0.3) is 16.7 Å². The number of fused-ring (bicyclic) bond motifs is 1. The summed E-state index contributed by atoms with van der Waals surface area (Å²) in [5, 5.41) is 19.3. The molecule has 3 heteroatoms. The predicted molar refractivity (Wildman–Crippen MR) is 102 cm³/mol. The molecule has 2 aromatic rings. The Balaban J connectivity index is 2.21. The number of allylic oxidation sites excluding steroid dienone is 4. The second kappa shape index (κ2) is 5.93. The Labute approximate surface area is 143 Å². The van der Waals surface area contributed by atoms with Gasteiger partial charge in [-0.15, -0.1) is 0 Å². The van der Waals surface area contributed by atoms with Gasteiger partial charge in [0.25, 0.3) is 0 Å². The maximum absolute atomic E-state index is 9.64. The van der Waals surface area contributed by atoms with E-state index in [0.717, 1.165) is 22.3 Å². The second-order valence-electron chi connectivity index (χ2n) is 6.58. The molecule has 2 aromatic carbocycles. The Hall–Kier alpha value is -2.36. The van der Waals surface area contributed by atoms with Crippen molar-refractivity contribution in [2.75, 3.05) is 0 Å². The van der Waals surface area contributed by atoms with E-state index in [4.69, 9.17) is 0 Å². The van der Waals surface area contributed by atoms with Crippen LogP contribution >= 0.6 is 0 Å². The molecule has 0 bridgehead atoms. The zero-order chi connectivity index (χ0) is 17.5. The van der Waals surface area contributed by atoms with Crippen LogP contribution in [0.3, 0.4) is 0 Å². The summed E-state index contributed by atoms with van der Waals surface area (Å²) in [5.74, 6) is 0. The summed E-state index contributed by atoms with van der Waals surface area (Å²) >= 11 is 0. The largest absolute Gasteiger partial charge is 0.489 e.